The van der Waals surface area contributed by atoms with Crippen molar-refractivity contribution in [3.8, 4) is 17.6 Å². The van der Waals surface area contributed by atoms with Crippen LogP contribution in [-0.2, 0) is 17.9 Å². The van der Waals surface area contributed by atoms with Crippen LogP contribution in [0.15, 0.2) is 40.1 Å². The summed E-state index contributed by atoms with van der Waals surface area (Å²) in [5.74, 6) is 0.696. The number of carbonyl (C=O) groups is 1. The molecule has 1 aliphatic rings. The van der Waals surface area contributed by atoms with E-state index >= 15 is 0 Å². The summed E-state index contributed by atoms with van der Waals surface area (Å²) in [6.07, 6.45) is 0.808. The zero-order chi connectivity index (χ0) is 19.4. The molecular weight excluding hydrogens is 352 g/mol. The van der Waals surface area contributed by atoms with E-state index in [1.165, 1.54) is 10.8 Å². The molecule has 0 fully saturated rings. The van der Waals surface area contributed by atoms with Gasteiger partial charge in [0.05, 0.1) is 6.54 Å². The summed E-state index contributed by atoms with van der Waals surface area (Å²) in [6.45, 7) is 1.93. The lowest BCUT2D eigenvalue weighted by Crippen LogP contribution is -2.46. The Kier molecular flexibility index (Phi) is 5.26. The fraction of sp³-hybridized carbons (Fsp3) is 0.333. The van der Waals surface area contributed by atoms with E-state index in [0.717, 1.165) is 4.57 Å². The number of fused-ring (bicyclic) bond motifs is 1. The molecule has 2 aromatic rings. The molecule has 0 bridgehead atoms. The highest BCUT2D eigenvalue weighted by atomic mass is 16.6. The number of aromatic nitrogens is 2. The van der Waals surface area contributed by atoms with Crippen LogP contribution in [-0.4, -0.2) is 34.3 Å². The van der Waals surface area contributed by atoms with E-state index in [4.69, 9.17) is 14.7 Å². The largest absolute Gasteiger partial charge is 0.486 e. The summed E-state index contributed by atoms with van der Waals surface area (Å²) < 4.78 is 13.3. The third-order valence-electron chi connectivity index (χ3n) is 4.09. The molecule has 2 heterocycles. The number of amides is 1. The Labute approximate surface area is 154 Å². The average Bonchev–Trinajstić information content (AvgIpc) is 2.69. The summed E-state index contributed by atoms with van der Waals surface area (Å²) in [7, 11) is 0. The van der Waals surface area contributed by atoms with Gasteiger partial charge in [0.2, 0.25) is 5.91 Å². The van der Waals surface area contributed by atoms with E-state index in [0.29, 0.717) is 11.5 Å². The Hall–Kier alpha value is -3.54. The van der Waals surface area contributed by atoms with E-state index in [-0.39, 0.29) is 25.3 Å². The Morgan fingerprint density at radius 2 is 2.07 bits per heavy atom. The fourth-order valence-electron chi connectivity index (χ4n) is 2.69. The van der Waals surface area contributed by atoms with Crippen LogP contribution in [0, 0.1) is 11.3 Å². The molecule has 1 N–H and O–H groups in total. The van der Waals surface area contributed by atoms with Crippen LogP contribution in [0.25, 0.3) is 0 Å². The van der Waals surface area contributed by atoms with Gasteiger partial charge in [0.25, 0.3) is 5.56 Å². The maximum absolute atomic E-state index is 12.3. The molecular formula is C18H18N4O5. The van der Waals surface area contributed by atoms with E-state index in [2.05, 4.69) is 5.32 Å². The first-order chi connectivity index (χ1) is 13.0. The summed E-state index contributed by atoms with van der Waals surface area (Å²) in [5.41, 5.74) is -1.61. The van der Waals surface area contributed by atoms with Crippen molar-refractivity contribution >= 4 is 5.91 Å². The SMILES string of the molecule is CCn1cc(C#N)c(=O)n(CC(=O)NC[C@@H]2COc3ccccc3O2)c1=O. The molecule has 1 aromatic carbocycles. The van der Waals surface area contributed by atoms with Gasteiger partial charge in [-0.15, -0.1) is 0 Å². The highest BCUT2D eigenvalue weighted by Gasteiger charge is 2.21. The number of carbonyl (C=O) groups excluding carboxylic acids is 1. The highest BCUT2D eigenvalue weighted by Crippen LogP contribution is 2.30. The topological polar surface area (TPSA) is 115 Å². The molecule has 9 heteroatoms. The third kappa shape index (κ3) is 3.84. The quantitative estimate of drug-likeness (QED) is 0.783. The van der Waals surface area contributed by atoms with E-state index < -0.39 is 29.8 Å². The molecule has 140 valence electrons. The average molecular weight is 370 g/mol. The fourth-order valence-corrected chi connectivity index (χ4v) is 2.69. The van der Waals surface area contributed by atoms with Crippen LogP contribution in [0.4, 0.5) is 0 Å². The Balaban J connectivity index is 1.66. The summed E-state index contributed by atoms with van der Waals surface area (Å²) in [6, 6.07) is 8.95. The van der Waals surface area contributed by atoms with Gasteiger partial charge in [0.15, 0.2) is 11.5 Å². The lowest BCUT2D eigenvalue weighted by atomic mass is 10.2. The van der Waals surface area contributed by atoms with Gasteiger partial charge in [0, 0.05) is 12.7 Å². The maximum atomic E-state index is 12.3. The first-order valence-corrected chi connectivity index (χ1v) is 8.43. The molecule has 1 aliphatic heterocycles. The first kappa shape index (κ1) is 18.3. The summed E-state index contributed by atoms with van der Waals surface area (Å²) in [5, 5.41) is 11.7. The second-order valence-electron chi connectivity index (χ2n) is 5.92. The van der Waals surface area contributed by atoms with Crippen LogP contribution >= 0.6 is 0 Å². The predicted octanol–water partition coefficient (Wildman–Crippen LogP) is -0.142. The van der Waals surface area contributed by atoms with Crippen molar-refractivity contribution in [2.24, 2.45) is 0 Å². The van der Waals surface area contributed by atoms with Crippen molar-refractivity contribution in [2.75, 3.05) is 13.2 Å². The molecule has 1 atom stereocenters. The third-order valence-corrected chi connectivity index (χ3v) is 4.09. The van der Waals surface area contributed by atoms with E-state index in [1.807, 2.05) is 12.1 Å². The van der Waals surface area contributed by atoms with Crippen LogP contribution in [0.1, 0.15) is 12.5 Å². The van der Waals surface area contributed by atoms with Crippen molar-refractivity contribution in [1.29, 1.82) is 5.26 Å². The summed E-state index contributed by atoms with van der Waals surface area (Å²) in [4.78, 5) is 36.6. The molecule has 0 radical (unpaired) electrons. The van der Waals surface area contributed by atoms with Crippen LogP contribution in [0.2, 0.25) is 0 Å². The zero-order valence-corrected chi connectivity index (χ0v) is 14.7. The van der Waals surface area contributed by atoms with E-state index in [1.54, 1.807) is 25.1 Å². The second kappa shape index (κ2) is 7.78. The number of nitrogens with zero attached hydrogens (tertiary/aromatic N) is 3. The zero-order valence-electron chi connectivity index (χ0n) is 14.7. The molecule has 1 aromatic heterocycles. The van der Waals surface area contributed by atoms with Crippen molar-refractivity contribution in [2.45, 2.75) is 26.1 Å². The lowest BCUT2D eigenvalue weighted by molar-refractivity contribution is -0.122. The molecule has 9 nitrogen and oxygen atoms in total. The van der Waals surface area contributed by atoms with Crippen LogP contribution in [0.5, 0.6) is 11.5 Å². The monoisotopic (exact) mass is 370 g/mol. The number of hydrogen-bond donors (Lipinski definition) is 1. The summed E-state index contributed by atoms with van der Waals surface area (Å²) >= 11 is 0. The van der Waals surface area contributed by atoms with Gasteiger partial charge in [0.1, 0.15) is 30.9 Å². The van der Waals surface area contributed by atoms with Crippen molar-refractivity contribution < 1.29 is 14.3 Å². The smallest absolute Gasteiger partial charge is 0.331 e. The number of para-hydroxylation sites is 2. The first-order valence-electron chi connectivity index (χ1n) is 8.43. The normalized spacial score (nSPS) is 15.0. The van der Waals surface area contributed by atoms with Gasteiger partial charge >= 0.3 is 5.69 Å². The minimum atomic E-state index is -0.784. The van der Waals surface area contributed by atoms with Gasteiger partial charge in [-0.25, -0.2) is 9.36 Å². The maximum Gasteiger partial charge on any atom is 0.331 e. The lowest BCUT2D eigenvalue weighted by Gasteiger charge is -2.26. The van der Waals surface area contributed by atoms with Crippen LogP contribution in [0.3, 0.4) is 0 Å². The number of nitriles is 1. The number of aryl methyl sites for hydroxylation is 1. The molecule has 1 amide bonds. The molecule has 27 heavy (non-hydrogen) atoms. The number of rotatable bonds is 5. The molecule has 3 rings (SSSR count). The van der Waals surface area contributed by atoms with Crippen molar-refractivity contribution in [1.82, 2.24) is 14.5 Å². The standard InChI is InChI=1S/C18H18N4O5/c1-2-21-9-12(7-19)17(24)22(18(21)25)10-16(23)20-8-13-11-26-14-5-3-4-6-15(14)27-13/h3-6,9,13H,2,8,10-11H2,1H3,(H,20,23)/t13-/m1/s1. The van der Waals surface area contributed by atoms with E-state index in [9.17, 15) is 14.4 Å². The number of nitrogens with one attached hydrogen (secondary N) is 1. The molecule has 0 saturated heterocycles. The second-order valence-corrected chi connectivity index (χ2v) is 5.92. The Morgan fingerprint density at radius 1 is 1.33 bits per heavy atom. The Morgan fingerprint density at radius 3 is 2.78 bits per heavy atom. The number of hydrogen-bond acceptors (Lipinski definition) is 6. The molecule has 0 saturated carbocycles. The van der Waals surface area contributed by atoms with Gasteiger partial charge in [-0.3, -0.25) is 14.2 Å². The highest BCUT2D eigenvalue weighted by molar-refractivity contribution is 5.75. The van der Waals surface area contributed by atoms with Gasteiger partial charge in [-0.1, -0.05) is 12.1 Å². The van der Waals surface area contributed by atoms with Gasteiger partial charge in [-0.05, 0) is 19.1 Å². The molecule has 0 aliphatic carbocycles. The molecule has 0 spiro atoms. The molecule has 0 unspecified atom stereocenters. The van der Waals surface area contributed by atoms with Crippen molar-refractivity contribution in [3.63, 3.8) is 0 Å². The minimum absolute atomic E-state index is 0.155. The van der Waals surface area contributed by atoms with Crippen molar-refractivity contribution in [3.05, 3.63) is 56.9 Å². The predicted molar refractivity (Wildman–Crippen MR) is 94.7 cm³/mol. The van der Waals surface area contributed by atoms with Gasteiger partial charge < -0.3 is 14.8 Å². The van der Waals surface area contributed by atoms with Gasteiger partial charge in [-0.2, -0.15) is 5.26 Å². The number of ether oxygens (including phenoxy) is 2. The van der Waals surface area contributed by atoms with Crippen LogP contribution < -0.4 is 26.0 Å². The number of benzene rings is 1. The minimum Gasteiger partial charge on any atom is -0.486 e. The Bertz CT molecular complexity index is 1020.